The summed E-state index contributed by atoms with van der Waals surface area (Å²) in [6, 6.07) is 4.45. The summed E-state index contributed by atoms with van der Waals surface area (Å²) >= 11 is 0. The summed E-state index contributed by atoms with van der Waals surface area (Å²) in [7, 11) is 0. The largest absolute Gasteiger partial charge is 0.481 e. The van der Waals surface area contributed by atoms with E-state index in [1.165, 1.54) is 31.2 Å². The first-order valence-electron chi connectivity index (χ1n) is 11.5. The van der Waals surface area contributed by atoms with Crippen LogP contribution in [0.2, 0.25) is 0 Å². The molecule has 2 rings (SSSR count). The third-order valence-corrected chi connectivity index (χ3v) is 6.28. The maximum atomic E-state index is 14.0. The molecule has 1 aromatic carbocycles. The Balaban J connectivity index is 2.11. The Morgan fingerprint density at radius 3 is 2.63 bits per heavy atom. The van der Waals surface area contributed by atoms with Gasteiger partial charge in [0.15, 0.2) is 0 Å². The Morgan fingerprint density at radius 2 is 2.03 bits per heavy atom. The predicted molar refractivity (Wildman–Crippen MR) is 125 cm³/mol. The van der Waals surface area contributed by atoms with Gasteiger partial charge in [-0.2, -0.15) is 0 Å². The van der Waals surface area contributed by atoms with Crippen LogP contribution in [-0.2, 0) is 19.2 Å². The molecule has 6 N–H and O–H groups in total. The van der Waals surface area contributed by atoms with E-state index < -0.39 is 47.2 Å². The first-order chi connectivity index (χ1) is 16.6. The maximum Gasteiger partial charge on any atom is 0.305 e. The molecule has 1 aromatic rings. The highest BCUT2D eigenvalue weighted by Gasteiger charge is 2.60. The molecule has 192 valence electrons. The van der Waals surface area contributed by atoms with Crippen molar-refractivity contribution in [2.75, 3.05) is 13.1 Å². The number of carbonyl (C=O) groups excluding carboxylic acids is 4. The number of aldehydes is 2. The number of hydrogen-bond donors (Lipinski definition) is 5. The van der Waals surface area contributed by atoms with Crippen molar-refractivity contribution in [2.45, 2.75) is 63.1 Å². The molecule has 10 nitrogen and oxygen atoms in total. The topological polar surface area (TPSA) is 168 Å². The van der Waals surface area contributed by atoms with E-state index in [9.17, 15) is 28.4 Å². The maximum absolute atomic E-state index is 14.0. The van der Waals surface area contributed by atoms with E-state index in [1.807, 2.05) is 0 Å². The molecule has 1 aliphatic carbocycles. The monoisotopic (exact) mass is 492 g/mol. The first-order valence-corrected chi connectivity index (χ1v) is 11.5. The summed E-state index contributed by atoms with van der Waals surface area (Å²) in [5.41, 5.74) is 3.12. The molecule has 4 atom stereocenters. The van der Waals surface area contributed by atoms with Crippen LogP contribution in [0.15, 0.2) is 24.3 Å². The minimum absolute atomic E-state index is 0.104. The summed E-state index contributed by atoms with van der Waals surface area (Å²) in [4.78, 5) is 59.4. The molecule has 0 spiro atoms. The Hall–Kier alpha value is -3.18. The van der Waals surface area contributed by atoms with Crippen molar-refractivity contribution in [1.82, 2.24) is 16.0 Å². The molecule has 0 aliphatic heterocycles. The van der Waals surface area contributed by atoms with E-state index in [-0.39, 0.29) is 37.3 Å². The second-order valence-corrected chi connectivity index (χ2v) is 9.16. The Labute approximate surface area is 203 Å². The summed E-state index contributed by atoms with van der Waals surface area (Å²) in [5.74, 6) is -2.85. The first kappa shape index (κ1) is 28.1. The molecule has 0 saturated heterocycles. The van der Waals surface area contributed by atoms with Crippen molar-refractivity contribution in [2.24, 2.45) is 11.1 Å². The fourth-order valence-electron chi connectivity index (χ4n) is 4.07. The standard InChI is InChI=1S/C24H33FN4O6/c1-23(15-31,13-20(32)33)27-14-16(6-4-10-26)28-22(35)24(9-5-11-30)12-19(24)29-21(34)17-7-2-3-8-18(17)25/h2-3,7-8,11,15-16,19,27H,4-6,9-10,12-14,26H2,1H3,(H,28,35)(H,29,34)(H,32,33). The number of hydrogen-bond acceptors (Lipinski definition) is 7. The van der Waals surface area contributed by atoms with Gasteiger partial charge in [-0.25, -0.2) is 4.39 Å². The molecule has 0 aromatic heterocycles. The third-order valence-electron chi connectivity index (χ3n) is 6.28. The zero-order valence-electron chi connectivity index (χ0n) is 19.7. The molecule has 1 aliphatic rings. The van der Waals surface area contributed by atoms with Crippen LogP contribution >= 0.6 is 0 Å². The third kappa shape index (κ3) is 7.66. The van der Waals surface area contributed by atoms with Gasteiger partial charge < -0.3 is 36.4 Å². The average molecular weight is 493 g/mol. The molecule has 0 heterocycles. The van der Waals surface area contributed by atoms with Gasteiger partial charge >= 0.3 is 5.97 Å². The number of nitrogens with one attached hydrogen (secondary N) is 3. The van der Waals surface area contributed by atoms with E-state index in [2.05, 4.69) is 16.0 Å². The minimum atomic E-state index is -1.32. The van der Waals surface area contributed by atoms with E-state index in [4.69, 9.17) is 10.8 Å². The van der Waals surface area contributed by atoms with Crippen LogP contribution in [0.1, 0.15) is 55.8 Å². The van der Waals surface area contributed by atoms with E-state index >= 15 is 0 Å². The van der Waals surface area contributed by atoms with Gasteiger partial charge in [0.05, 0.1) is 22.9 Å². The Morgan fingerprint density at radius 1 is 1.31 bits per heavy atom. The normalized spacial score (nSPS) is 21.3. The SMILES string of the molecule is CC(C=O)(CC(=O)O)NCC(CCCN)NC(=O)C1(CCC=O)CC1NC(=O)c1ccccc1F. The van der Waals surface area contributed by atoms with Crippen LogP contribution in [-0.4, -0.2) is 66.2 Å². The molecule has 35 heavy (non-hydrogen) atoms. The molecular weight excluding hydrogens is 459 g/mol. The fraction of sp³-hybridized carbons (Fsp3) is 0.542. The second kappa shape index (κ2) is 12.5. The molecule has 4 unspecified atom stereocenters. The van der Waals surface area contributed by atoms with Crippen molar-refractivity contribution in [1.29, 1.82) is 0 Å². The number of halogens is 1. The summed E-state index contributed by atoms with van der Waals surface area (Å²) in [6.45, 7) is 1.94. The van der Waals surface area contributed by atoms with Crippen molar-refractivity contribution in [3.8, 4) is 0 Å². The number of benzene rings is 1. The van der Waals surface area contributed by atoms with Gasteiger partial charge in [0.2, 0.25) is 5.91 Å². The molecule has 2 amide bonds. The molecular formula is C24H33FN4O6. The summed E-state index contributed by atoms with van der Waals surface area (Å²) in [5, 5.41) is 17.6. The number of amides is 2. The van der Waals surface area contributed by atoms with Crippen LogP contribution in [0.4, 0.5) is 4.39 Å². The van der Waals surface area contributed by atoms with Gasteiger partial charge in [0, 0.05) is 25.0 Å². The van der Waals surface area contributed by atoms with Crippen LogP contribution in [0.25, 0.3) is 0 Å². The highest BCUT2D eigenvalue weighted by Crippen LogP contribution is 2.50. The Bertz CT molecular complexity index is 944. The lowest BCUT2D eigenvalue weighted by Crippen LogP contribution is -2.53. The lowest BCUT2D eigenvalue weighted by Gasteiger charge is -2.28. The van der Waals surface area contributed by atoms with Gasteiger partial charge in [-0.15, -0.1) is 0 Å². The van der Waals surface area contributed by atoms with Crippen LogP contribution in [0.3, 0.4) is 0 Å². The van der Waals surface area contributed by atoms with Gasteiger partial charge in [-0.05, 0) is 51.3 Å². The molecule has 11 heteroatoms. The molecule has 1 saturated carbocycles. The summed E-state index contributed by atoms with van der Waals surface area (Å²) in [6.07, 6.45) is 2.41. The number of carboxylic acid groups (broad SMARTS) is 1. The van der Waals surface area contributed by atoms with Gasteiger partial charge in [-0.1, -0.05) is 12.1 Å². The van der Waals surface area contributed by atoms with Crippen molar-refractivity contribution < 1.29 is 33.5 Å². The summed E-state index contributed by atoms with van der Waals surface area (Å²) < 4.78 is 14.0. The van der Waals surface area contributed by atoms with E-state index in [0.717, 1.165) is 0 Å². The van der Waals surface area contributed by atoms with Crippen molar-refractivity contribution in [3.05, 3.63) is 35.6 Å². The number of nitrogens with two attached hydrogens (primary N) is 1. The van der Waals surface area contributed by atoms with Crippen LogP contribution < -0.4 is 21.7 Å². The van der Waals surface area contributed by atoms with Crippen LogP contribution in [0.5, 0.6) is 0 Å². The van der Waals surface area contributed by atoms with Crippen molar-refractivity contribution >= 4 is 30.4 Å². The number of aliphatic carboxylic acids is 1. The fourth-order valence-corrected chi connectivity index (χ4v) is 4.07. The smallest absolute Gasteiger partial charge is 0.305 e. The lowest BCUT2D eigenvalue weighted by atomic mass is 9.96. The average Bonchev–Trinajstić information content (AvgIpc) is 3.52. The van der Waals surface area contributed by atoms with Crippen molar-refractivity contribution in [3.63, 3.8) is 0 Å². The zero-order valence-corrected chi connectivity index (χ0v) is 19.7. The second-order valence-electron chi connectivity index (χ2n) is 9.16. The van der Waals surface area contributed by atoms with E-state index in [1.54, 1.807) is 0 Å². The molecule has 0 bridgehead atoms. The minimum Gasteiger partial charge on any atom is -0.481 e. The number of carbonyl (C=O) groups is 5. The highest BCUT2D eigenvalue weighted by molar-refractivity contribution is 5.96. The zero-order chi connectivity index (χ0) is 26.1. The molecule has 0 radical (unpaired) electrons. The number of carboxylic acids is 1. The van der Waals surface area contributed by atoms with Gasteiger partial charge in [-0.3, -0.25) is 14.4 Å². The van der Waals surface area contributed by atoms with Crippen LogP contribution in [0, 0.1) is 11.2 Å². The van der Waals surface area contributed by atoms with E-state index in [0.29, 0.717) is 32.0 Å². The lowest BCUT2D eigenvalue weighted by molar-refractivity contribution is -0.140. The van der Waals surface area contributed by atoms with Gasteiger partial charge in [0.1, 0.15) is 18.4 Å². The Kier molecular flexibility index (Phi) is 10.0. The number of rotatable bonds is 16. The quantitative estimate of drug-likeness (QED) is 0.208. The highest BCUT2D eigenvalue weighted by atomic mass is 19.1. The van der Waals surface area contributed by atoms with Gasteiger partial charge in [0.25, 0.3) is 5.91 Å². The predicted octanol–water partition coefficient (Wildman–Crippen LogP) is 0.539. The molecule has 1 fully saturated rings.